The Labute approximate surface area is 237 Å². The number of halogens is 3. The van der Waals surface area contributed by atoms with E-state index in [9.17, 15) is 4.79 Å². The van der Waals surface area contributed by atoms with Crippen molar-refractivity contribution >= 4 is 57.3 Å². The van der Waals surface area contributed by atoms with Crippen LogP contribution < -0.4 is 5.32 Å². The minimum Gasteiger partial charge on any atom is -0.465 e. The number of alkyl halides is 2. The minimum atomic E-state index is -1.75. The number of amidine groups is 1. The molecule has 1 amide bonds. The Hall–Kier alpha value is -2.45. The number of hydrogen-bond donors (Lipinski definition) is 3. The lowest BCUT2D eigenvalue weighted by Crippen LogP contribution is -2.40. The number of carboxylic acid groups (broad SMARTS) is 1. The number of ether oxygens (including phenoxy) is 1. The number of nitrogens with one attached hydrogen (secondary N) is 2. The van der Waals surface area contributed by atoms with Crippen molar-refractivity contribution in [3.05, 3.63) is 35.1 Å². The number of carbonyl (C=O) groups is 1. The molecule has 0 aromatic carbocycles. The Bertz CT molecular complexity index is 1380. The molecule has 1 saturated carbocycles. The highest BCUT2D eigenvalue weighted by Crippen LogP contribution is 2.43. The van der Waals surface area contributed by atoms with E-state index in [4.69, 9.17) is 31.8 Å². The molecule has 2 atom stereocenters. The first-order valence-corrected chi connectivity index (χ1v) is 14.2. The number of hydrogen-bond acceptors (Lipinski definition) is 7. The van der Waals surface area contributed by atoms with Crippen molar-refractivity contribution in [2.24, 2.45) is 11.8 Å². The fourth-order valence-corrected chi connectivity index (χ4v) is 6.20. The summed E-state index contributed by atoms with van der Waals surface area (Å²) in [5.41, 5.74) is -0.151. The second-order valence-corrected chi connectivity index (χ2v) is 12.2. The van der Waals surface area contributed by atoms with Crippen LogP contribution in [0.25, 0.3) is 22.4 Å². The van der Waals surface area contributed by atoms with Gasteiger partial charge in [0.15, 0.2) is 23.0 Å². The van der Waals surface area contributed by atoms with E-state index in [1.807, 2.05) is 16.8 Å². The highest BCUT2D eigenvalue weighted by molar-refractivity contribution is 14.1. The van der Waals surface area contributed by atoms with Crippen LogP contribution in [0.3, 0.4) is 0 Å². The largest absolute Gasteiger partial charge is 0.465 e. The van der Waals surface area contributed by atoms with E-state index in [-0.39, 0.29) is 36.9 Å². The van der Waals surface area contributed by atoms with E-state index in [0.717, 1.165) is 25.7 Å². The van der Waals surface area contributed by atoms with Crippen LogP contribution >= 0.6 is 34.2 Å². The van der Waals surface area contributed by atoms with Gasteiger partial charge in [0, 0.05) is 40.8 Å². The molecular weight excluding hydrogens is 628 g/mol. The molecule has 5 rings (SSSR count). The number of imidazole rings is 1. The lowest BCUT2D eigenvalue weighted by atomic mass is 9.85. The summed E-state index contributed by atoms with van der Waals surface area (Å²) in [5, 5.41) is 19.7. The molecular formula is C25H28ClFIN7O3. The van der Waals surface area contributed by atoms with Crippen LogP contribution in [-0.4, -0.2) is 58.7 Å². The predicted octanol–water partition coefficient (Wildman–Crippen LogP) is 5.35. The molecule has 2 aliphatic rings. The summed E-state index contributed by atoms with van der Waals surface area (Å²) in [7, 11) is 0. The third-order valence-electron chi connectivity index (χ3n) is 7.38. The van der Waals surface area contributed by atoms with Crippen LogP contribution in [0.15, 0.2) is 18.5 Å². The zero-order chi connectivity index (χ0) is 27.0. The zero-order valence-electron chi connectivity index (χ0n) is 20.8. The number of nitrogens with zero attached hydrogens (tertiary/aromatic N) is 5. The van der Waals surface area contributed by atoms with Gasteiger partial charge in [0.05, 0.1) is 18.2 Å². The Kier molecular flexibility index (Phi) is 7.83. The normalized spacial score (nSPS) is 25.8. The topological polar surface area (TPSA) is 139 Å². The van der Waals surface area contributed by atoms with E-state index in [1.165, 1.54) is 6.20 Å². The molecule has 38 heavy (non-hydrogen) atoms. The number of pyridine rings is 1. The van der Waals surface area contributed by atoms with E-state index in [2.05, 4.69) is 37.5 Å². The number of rotatable bonds is 5. The lowest BCUT2D eigenvalue weighted by Gasteiger charge is -2.36. The van der Waals surface area contributed by atoms with E-state index in [0.29, 0.717) is 38.2 Å². The van der Waals surface area contributed by atoms with Crippen molar-refractivity contribution in [2.75, 3.05) is 13.2 Å². The molecule has 0 bridgehead atoms. The summed E-state index contributed by atoms with van der Waals surface area (Å²) in [4.78, 5) is 29.1. The first-order valence-electron chi connectivity index (χ1n) is 12.5. The Morgan fingerprint density at radius 2 is 2.08 bits per heavy atom. The number of amides is 1. The predicted molar refractivity (Wildman–Crippen MR) is 149 cm³/mol. The number of aromatic nitrogens is 5. The summed E-state index contributed by atoms with van der Waals surface area (Å²) in [5.74, 6) is -0.535. The van der Waals surface area contributed by atoms with Gasteiger partial charge in [-0.15, -0.1) is 0 Å². The van der Waals surface area contributed by atoms with Crippen LogP contribution in [0, 0.1) is 17.2 Å². The van der Waals surface area contributed by atoms with E-state index < -0.39 is 23.5 Å². The second kappa shape index (κ2) is 11.0. The van der Waals surface area contributed by atoms with Gasteiger partial charge < -0.3 is 14.4 Å². The van der Waals surface area contributed by atoms with Crippen LogP contribution in [0.4, 0.5) is 9.18 Å². The SMILES string of the molecule is CC1COCCC1(F)c1nc2nc(C(=N)NC(=O)O)nc(-c3cncc(Cl)c3)c2n1CC1CCC(I)CC1. The lowest BCUT2D eigenvalue weighted by molar-refractivity contribution is -0.0651. The summed E-state index contributed by atoms with van der Waals surface area (Å²) < 4.78 is 25.0. The first-order chi connectivity index (χ1) is 18.2. The van der Waals surface area contributed by atoms with Crippen LogP contribution in [0.2, 0.25) is 5.02 Å². The van der Waals surface area contributed by atoms with Gasteiger partial charge in [-0.05, 0) is 37.7 Å². The molecule has 2 fully saturated rings. The molecule has 1 aliphatic carbocycles. The molecule has 0 spiro atoms. The van der Waals surface area contributed by atoms with Crippen molar-refractivity contribution in [1.82, 2.24) is 29.8 Å². The van der Waals surface area contributed by atoms with E-state index in [1.54, 1.807) is 12.3 Å². The highest BCUT2D eigenvalue weighted by Gasteiger charge is 2.46. The second-order valence-electron chi connectivity index (χ2n) is 10.0. The van der Waals surface area contributed by atoms with Gasteiger partial charge in [0.1, 0.15) is 17.0 Å². The highest BCUT2D eigenvalue weighted by atomic mass is 127. The summed E-state index contributed by atoms with van der Waals surface area (Å²) in [6.45, 7) is 2.91. The quantitative estimate of drug-likeness (QED) is 0.146. The maximum atomic E-state index is 16.9. The molecule has 1 aliphatic heterocycles. The van der Waals surface area contributed by atoms with Gasteiger partial charge in [0.2, 0.25) is 0 Å². The van der Waals surface area contributed by atoms with Gasteiger partial charge >= 0.3 is 6.09 Å². The monoisotopic (exact) mass is 655 g/mol. The molecule has 4 heterocycles. The molecule has 10 nitrogen and oxygen atoms in total. The summed E-state index contributed by atoms with van der Waals surface area (Å²) >= 11 is 8.75. The van der Waals surface area contributed by atoms with Crippen molar-refractivity contribution in [3.8, 4) is 11.3 Å². The molecule has 2 unspecified atom stereocenters. The molecule has 3 N–H and O–H groups in total. The number of fused-ring (bicyclic) bond motifs is 1. The maximum absolute atomic E-state index is 16.9. The summed E-state index contributed by atoms with van der Waals surface area (Å²) in [6.07, 6.45) is 6.04. The first kappa shape index (κ1) is 27.1. The Morgan fingerprint density at radius 3 is 2.76 bits per heavy atom. The molecule has 13 heteroatoms. The van der Waals surface area contributed by atoms with Crippen molar-refractivity contribution in [3.63, 3.8) is 0 Å². The smallest absolute Gasteiger partial charge is 0.410 e. The molecule has 0 radical (unpaired) electrons. The zero-order valence-corrected chi connectivity index (χ0v) is 23.7. The van der Waals surface area contributed by atoms with Gasteiger partial charge in [0.25, 0.3) is 0 Å². The van der Waals surface area contributed by atoms with E-state index >= 15 is 4.39 Å². The van der Waals surface area contributed by atoms with Crippen LogP contribution in [0.5, 0.6) is 0 Å². The summed E-state index contributed by atoms with van der Waals surface area (Å²) in [6, 6.07) is 1.68. The third-order valence-corrected chi connectivity index (χ3v) is 8.84. The third kappa shape index (κ3) is 5.34. The fourth-order valence-electron chi connectivity index (χ4n) is 5.30. The van der Waals surface area contributed by atoms with Gasteiger partial charge in [-0.2, -0.15) is 0 Å². The maximum Gasteiger partial charge on any atom is 0.410 e. The Balaban J connectivity index is 1.75. The van der Waals surface area contributed by atoms with Crippen molar-refractivity contribution in [2.45, 2.75) is 55.2 Å². The molecule has 1 saturated heterocycles. The molecule has 3 aromatic rings. The van der Waals surface area contributed by atoms with Crippen LogP contribution in [-0.2, 0) is 17.0 Å². The molecule has 3 aromatic heterocycles. The Morgan fingerprint density at radius 1 is 1.32 bits per heavy atom. The van der Waals surface area contributed by atoms with Gasteiger partial charge in [-0.1, -0.05) is 41.1 Å². The van der Waals surface area contributed by atoms with Crippen molar-refractivity contribution < 1.29 is 19.0 Å². The average Bonchev–Trinajstić information content (AvgIpc) is 3.25. The standard InChI is InChI=1S/C25H28ClFIN7O3/c1-13-12-38-7-6-25(13,27)23-34-21-19(35(23)11-14-2-4-17(28)5-3-14)18(15-8-16(26)10-30-9-15)31-22(33-21)20(29)32-24(36)37/h8-10,13-14,17H,2-7,11-12H2,1H3,(H2,29,32)(H,36,37). The average molecular weight is 656 g/mol. The fraction of sp³-hybridized carbons (Fsp3) is 0.520. The molecule has 202 valence electrons. The van der Waals surface area contributed by atoms with Gasteiger partial charge in [-0.3, -0.25) is 15.7 Å². The van der Waals surface area contributed by atoms with Crippen LogP contribution in [0.1, 0.15) is 50.7 Å². The van der Waals surface area contributed by atoms with Gasteiger partial charge in [-0.25, -0.2) is 24.1 Å². The minimum absolute atomic E-state index is 0.155. The van der Waals surface area contributed by atoms with Crippen molar-refractivity contribution in [1.29, 1.82) is 5.41 Å².